The molecule has 88 valence electrons. The van der Waals surface area contributed by atoms with Gasteiger partial charge < -0.3 is 9.64 Å². The van der Waals surface area contributed by atoms with Crippen LogP contribution < -0.4 is 4.90 Å². The molecule has 1 aliphatic heterocycles. The first kappa shape index (κ1) is 11.5. The molecular formula is C11H16N2O2S. The van der Waals surface area contributed by atoms with Crippen molar-refractivity contribution in [2.24, 2.45) is 0 Å². The predicted octanol–water partition coefficient (Wildman–Crippen LogP) is 1.74. The Balaban J connectivity index is 2.19. The Kier molecular flexibility index (Phi) is 3.56. The third kappa shape index (κ3) is 2.25. The van der Waals surface area contributed by atoms with E-state index in [2.05, 4.69) is 16.8 Å². The van der Waals surface area contributed by atoms with E-state index in [0.29, 0.717) is 0 Å². The zero-order valence-corrected chi connectivity index (χ0v) is 10.4. The van der Waals surface area contributed by atoms with Crippen molar-refractivity contribution in [3.05, 3.63) is 10.6 Å². The summed E-state index contributed by atoms with van der Waals surface area (Å²) < 4.78 is 5.48. The van der Waals surface area contributed by atoms with Crippen molar-refractivity contribution in [2.45, 2.75) is 26.4 Å². The van der Waals surface area contributed by atoms with E-state index in [9.17, 15) is 4.79 Å². The van der Waals surface area contributed by atoms with Crippen molar-refractivity contribution in [1.29, 1.82) is 0 Å². The molecule has 0 amide bonds. The molecule has 1 unspecified atom stereocenters. The second-order valence-corrected chi connectivity index (χ2v) is 4.92. The smallest absolute Gasteiger partial charge is 0.186 e. The van der Waals surface area contributed by atoms with E-state index in [1.165, 1.54) is 11.3 Å². The Hall–Kier alpha value is -0.940. The van der Waals surface area contributed by atoms with Crippen LogP contribution in [0.2, 0.25) is 0 Å². The summed E-state index contributed by atoms with van der Waals surface area (Å²) in [7, 11) is 0. The maximum absolute atomic E-state index is 10.9. The minimum Gasteiger partial charge on any atom is -0.375 e. The molecule has 0 bridgehead atoms. The number of nitrogens with zero attached hydrogens (tertiary/aromatic N) is 2. The van der Waals surface area contributed by atoms with Gasteiger partial charge in [-0.1, -0.05) is 18.3 Å². The van der Waals surface area contributed by atoms with Crippen LogP contribution in [0.15, 0.2) is 0 Å². The highest BCUT2D eigenvalue weighted by molar-refractivity contribution is 7.17. The van der Waals surface area contributed by atoms with Gasteiger partial charge in [0.1, 0.15) is 0 Å². The van der Waals surface area contributed by atoms with E-state index in [4.69, 9.17) is 4.74 Å². The van der Waals surface area contributed by atoms with Crippen LogP contribution in [0.25, 0.3) is 0 Å². The standard InChI is InChI=1S/C11H16N2O2S/c1-3-9-10(7-14)16-11(12-9)13-4-5-15-8(2)6-13/h7-8H,3-6H2,1-2H3. The molecule has 1 aliphatic rings. The molecule has 0 saturated carbocycles. The normalized spacial score (nSPS) is 21.1. The van der Waals surface area contributed by atoms with E-state index in [1.807, 2.05) is 6.92 Å². The van der Waals surface area contributed by atoms with Gasteiger partial charge in [0, 0.05) is 13.1 Å². The summed E-state index contributed by atoms with van der Waals surface area (Å²) in [6.45, 7) is 6.53. The number of rotatable bonds is 3. The first-order valence-electron chi connectivity index (χ1n) is 5.56. The summed E-state index contributed by atoms with van der Waals surface area (Å²) in [5, 5.41) is 0.953. The first-order valence-corrected chi connectivity index (χ1v) is 6.37. The van der Waals surface area contributed by atoms with Gasteiger partial charge in [-0.25, -0.2) is 4.98 Å². The third-order valence-electron chi connectivity index (χ3n) is 2.67. The van der Waals surface area contributed by atoms with Crippen LogP contribution in [-0.2, 0) is 11.2 Å². The number of aldehydes is 1. The average molecular weight is 240 g/mol. The fourth-order valence-electron chi connectivity index (χ4n) is 1.82. The third-order valence-corrected chi connectivity index (χ3v) is 3.75. The van der Waals surface area contributed by atoms with Crippen molar-refractivity contribution in [1.82, 2.24) is 4.98 Å². The van der Waals surface area contributed by atoms with Crippen LogP contribution in [0.1, 0.15) is 29.2 Å². The number of morpholine rings is 1. The van der Waals surface area contributed by atoms with Gasteiger partial charge in [-0.2, -0.15) is 0 Å². The number of hydrogen-bond donors (Lipinski definition) is 0. The van der Waals surface area contributed by atoms with Crippen LogP contribution in [-0.4, -0.2) is 37.1 Å². The van der Waals surface area contributed by atoms with E-state index in [-0.39, 0.29) is 6.10 Å². The molecule has 0 spiro atoms. The number of anilines is 1. The van der Waals surface area contributed by atoms with E-state index >= 15 is 0 Å². The van der Waals surface area contributed by atoms with Crippen molar-refractivity contribution in [3.8, 4) is 0 Å². The molecule has 16 heavy (non-hydrogen) atoms. The molecule has 1 aromatic rings. The molecule has 1 atom stereocenters. The highest BCUT2D eigenvalue weighted by Gasteiger charge is 2.21. The van der Waals surface area contributed by atoms with E-state index in [1.54, 1.807) is 0 Å². The van der Waals surface area contributed by atoms with E-state index < -0.39 is 0 Å². The quantitative estimate of drug-likeness (QED) is 0.755. The Labute approximate surface area is 99.2 Å². The highest BCUT2D eigenvalue weighted by Crippen LogP contribution is 2.26. The Morgan fingerprint density at radius 3 is 3.06 bits per heavy atom. The maximum atomic E-state index is 10.9. The second kappa shape index (κ2) is 4.93. The van der Waals surface area contributed by atoms with Gasteiger partial charge in [-0.3, -0.25) is 4.79 Å². The number of aryl methyl sites for hydroxylation is 1. The average Bonchev–Trinajstić information content (AvgIpc) is 2.72. The Morgan fingerprint density at radius 2 is 2.50 bits per heavy atom. The summed E-state index contributed by atoms with van der Waals surface area (Å²) >= 11 is 1.48. The summed E-state index contributed by atoms with van der Waals surface area (Å²) in [5.41, 5.74) is 0.911. The summed E-state index contributed by atoms with van der Waals surface area (Å²) in [6.07, 6.45) is 1.95. The lowest BCUT2D eigenvalue weighted by Gasteiger charge is -2.30. The number of ether oxygens (including phenoxy) is 1. The fourth-order valence-corrected chi connectivity index (χ4v) is 2.83. The molecule has 0 N–H and O–H groups in total. The molecule has 1 fully saturated rings. The van der Waals surface area contributed by atoms with E-state index in [0.717, 1.165) is 48.1 Å². The zero-order valence-electron chi connectivity index (χ0n) is 9.60. The van der Waals surface area contributed by atoms with Gasteiger partial charge in [0.15, 0.2) is 11.4 Å². The summed E-state index contributed by atoms with van der Waals surface area (Å²) in [5.74, 6) is 0. The number of thiazole rings is 1. The minimum absolute atomic E-state index is 0.238. The summed E-state index contributed by atoms with van der Waals surface area (Å²) in [4.78, 5) is 18.3. The van der Waals surface area contributed by atoms with Gasteiger partial charge in [0.2, 0.25) is 0 Å². The maximum Gasteiger partial charge on any atom is 0.186 e. The van der Waals surface area contributed by atoms with Crippen molar-refractivity contribution in [3.63, 3.8) is 0 Å². The van der Waals surface area contributed by atoms with Crippen LogP contribution in [0.4, 0.5) is 5.13 Å². The topological polar surface area (TPSA) is 42.4 Å². The molecule has 0 aliphatic carbocycles. The van der Waals surface area contributed by atoms with Gasteiger partial charge >= 0.3 is 0 Å². The van der Waals surface area contributed by atoms with Gasteiger partial charge in [-0.15, -0.1) is 0 Å². The molecule has 0 aromatic carbocycles. The lowest BCUT2D eigenvalue weighted by Crippen LogP contribution is -2.41. The minimum atomic E-state index is 0.238. The van der Waals surface area contributed by atoms with Crippen LogP contribution in [0.3, 0.4) is 0 Å². The van der Waals surface area contributed by atoms with Gasteiger partial charge in [0.05, 0.1) is 23.3 Å². The number of aromatic nitrogens is 1. The fraction of sp³-hybridized carbons (Fsp3) is 0.636. The Morgan fingerprint density at radius 1 is 1.69 bits per heavy atom. The second-order valence-electron chi connectivity index (χ2n) is 3.91. The number of carbonyl (C=O) groups is 1. The lowest BCUT2D eigenvalue weighted by atomic mass is 10.3. The van der Waals surface area contributed by atoms with Crippen molar-refractivity contribution < 1.29 is 9.53 Å². The van der Waals surface area contributed by atoms with Crippen molar-refractivity contribution in [2.75, 3.05) is 24.6 Å². The van der Waals surface area contributed by atoms with Gasteiger partial charge in [-0.05, 0) is 13.3 Å². The van der Waals surface area contributed by atoms with Crippen LogP contribution in [0.5, 0.6) is 0 Å². The monoisotopic (exact) mass is 240 g/mol. The number of hydrogen-bond acceptors (Lipinski definition) is 5. The SMILES string of the molecule is CCc1nc(N2CCOC(C)C2)sc1C=O. The molecule has 1 saturated heterocycles. The highest BCUT2D eigenvalue weighted by atomic mass is 32.1. The van der Waals surface area contributed by atoms with Gasteiger partial charge in [0.25, 0.3) is 0 Å². The predicted molar refractivity (Wildman–Crippen MR) is 64.5 cm³/mol. The molecule has 4 nitrogen and oxygen atoms in total. The largest absolute Gasteiger partial charge is 0.375 e. The number of carbonyl (C=O) groups excluding carboxylic acids is 1. The molecule has 5 heteroatoms. The molecule has 1 aromatic heterocycles. The van der Waals surface area contributed by atoms with Crippen LogP contribution in [0, 0.1) is 0 Å². The van der Waals surface area contributed by atoms with Crippen LogP contribution >= 0.6 is 11.3 Å². The zero-order chi connectivity index (χ0) is 11.5. The lowest BCUT2D eigenvalue weighted by molar-refractivity contribution is 0.0532. The van der Waals surface area contributed by atoms with Crippen molar-refractivity contribution >= 4 is 22.8 Å². The summed E-state index contributed by atoms with van der Waals surface area (Å²) in [6, 6.07) is 0. The first-order chi connectivity index (χ1) is 7.74. The molecule has 2 heterocycles. The Bertz CT molecular complexity index is 378. The molecular weight excluding hydrogens is 224 g/mol. The molecule has 2 rings (SSSR count). The molecule has 0 radical (unpaired) electrons.